The molecule has 0 heterocycles. The summed E-state index contributed by atoms with van der Waals surface area (Å²) >= 11 is 0. The average molecular weight is 343 g/mol. The lowest BCUT2D eigenvalue weighted by molar-refractivity contribution is 0.0711. The van der Waals surface area contributed by atoms with Crippen molar-refractivity contribution in [2.75, 3.05) is 41.2 Å². The van der Waals surface area contributed by atoms with Gasteiger partial charge in [0.05, 0.1) is 0 Å². The molecular weight excluding hydrogens is 308 g/mol. The van der Waals surface area contributed by atoms with Crippen LogP contribution >= 0.6 is 0 Å². The van der Waals surface area contributed by atoms with Gasteiger partial charge >= 0.3 is 17.6 Å². The third kappa shape index (κ3) is 10.5. The lowest BCUT2D eigenvalue weighted by Crippen LogP contribution is -2.45. The van der Waals surface area contributed by atoms with Crippen molar-refractivity contribution in [2.45, 2.75) is 46.7 Å². The van der Waals surface area contributed by atoms with Gasteiger partial charge in [0.25, 0.3) is 0 Å². The zero-order valence-corrected chi connectivity index (χ0v) is 17.0. The van der Waals surface area contributed by atoms with E-state index in [-0.39, 0.29) is 0 Å². The van der Waals surface area contributed by atoms with Crippen LogP contribution in [0.4, 0.5) is 0 Å². The molecule has 21 heavy (non-hydrogen) atoms. The van der Waals surface area contributed by atoms with E-state index >= 15 is 0 Å². The van der Waals surface area contributed by atoms with Crippen molar-refractivity contribution in [1.29, 1.82) is 0 Å². The summed E-state index contributed by atoms with van der Waals surface area (Å²) in [6.45, 7) is 11.9. The summed E-state index contributed by atoms with van der Waals surface area (Å²) in [5.74, 6) is 0. The van der Waals surface area contributed by atoms with E-state index in [1.165, 1.54) is 0 Å². The maximum atomic E-state index is 5.65. The molecule has 130 valence electrons. The van der Waals surface area contributed by atoms with Crippen LogP contribution in [-0.2, 0) is 26.6 Å². The van der Waals surface area contributed by atoms with E-state index in [0.717, 1.165) is 12.5 Å². The predicted octanol–water partition coefficient (Wildman–Crippen LogP) is 2.94. The highest BCUT2D eigenvalue weighted by Crippen LogP contribution is 2.17. The predicted molar refractivity (Wildman–Crippen MR) is 88.4 cm³/mol. The van der Waals surface area contributed by atoms with Crippen LogP contribution in [0.5, 0.6) is 0 Å². The Bertz CT molecular complexity index is 189. The summed E-state index contributed by atoms with van der Waals surface area (Å²) in [4.78, 5) is 0. The molecule has 0 aliphatic carbocycles. The Balaban J connectivity index is 0. The highest BCUT2D eigenvalue weighted by molar-refractivity contribution is 6.60. The van der Waals surface area contributed by atoms with Gasteiger partial charge in [-0.1, -0.05) is 13.3 Å². The van der Waals surface area contributed by atoms with Crippen molar-refractivity contribution in [2.24, 2.45) is 0 Å². The first-order chi connectivity index (χ1) is 9.92. The van der Waals surface area contributed by atoms with Crippen LogP contribution in [0.15, 0.2) is 0 Å². The van der Waals surface area contributed by atoms with E-state index in [4.69, 9.17) is 26.6 Å². The summed E-state index contributed by atoms with van der Waals surface area (Å²) in [5.41, 5.74) is 0. The first kappa shape index (κ1) is 23.5. The summed E-state index contributed by atoms with van der Waals surface area (Å²) in [7, 11) is 0.281. The molecule has 0 amide bonds. The molecule has 0 spiro atoms. The Kier molecular flexibility index (Phi) is 15.4. The van der Waals surface area contributed by atoms with Crippen LogP contribution in [0.1, 0.15) is 34.1 Å². The normalized spacial score (nSPS) is 12.0. The molecule has 0 unspecified atom stereocenters. The summed E-state index contributed by atoms with van der Waals surface area (Å²) in [6.07, 6.45) is 1.05. The van der Waals surface area contributed by atoms with Crippen molar-refractivity contribution < 1.29 is 26.6 Å². The van der Waals surface area contributed by atoms with Crippen LogP contribution in [0.2, 0.25) is 12.6 Å². The van der Waals surface area contributed by atoms with Crippen LogP contribution < -0.4 is 0 Å². The largest absolute Gasteiger partial charge is 0.500 e. The van der Waals surface area contributed by atoms with Crippen LogP contribution in [0, 0.1) is 0 Å². The summed E-state index contributed by atoms with van der Waals surface area (Å²) in [5, 5.41) is 0. The lowest BCUT2D eigenvalue weighted by Gasteiger charge is -2.27. The van der Waals surface area contributed by atoms with Crippen molar-refractivity contribution in [3.63, 3.8) is 0 Å². The van der Waals surface area contributed by atoms with Gasteiger partial charge in [-0.25, -0.2) is 0 Å². The Morgan fingerprint density at radius 2 is 1.00 bits per heavy atom. The highest BCUT2D eigenvalue weighted by Gasteiger charge is 2.38. The van der Waals surface area contributed by atoms with Gasteiger partial charge in [-0.2, -0.15) is 0 Å². The van der Waals surface area contributed by atoms with Gasteiger partial charge in [-0.3, -0.25) is 0 Å². The zero-order chi connectivity index (χ0) is 16.8. The van der Waals surface area contributed by atoms with Gasteiger partial charge in [0.2, 0.25) is 0 Å². The topological polar surface area (TPSA) is 55.4 Å². The monoisotopic (exact) mass is 342 g/mol. The minimum atomic E-state index is -2.30. The first-order valence-corrected chi connectivity index (χ1v) is 11.7. The van der Waals surface area contributed by atoms with Crippen molar-refractivity contribution in [3.05, 3.63) is 0 Å². The lowest BCUT2D eigenvalue weighted by atomic mass is 10.6. The molecule has 0 radical (unpaired) electrons. The molecule has 0 saturated carbocycles. The molecule has 0 fully saturated rings. The summed E-state index contributed by atoms with van der Waals surface area (Å²) < 4.78 is 31.7. The van der Waals surface area contributed by atoms with Gasteiger partial charge in [0, 0.05) is 53.7 Å². The highest BCUT2D eigenvalue weighted by atomic mass is 28.4. The second-order valence-electron chi connectivity index (χ2n) is 4.21. The molecule has 0 aliphatic rings. The SMILES string of the molecule is CCC[Si](OCC)(OCC)OCC.CO[Si](C)(OC)OC. The Morgan fingerprint density at radius 1 is 0.667 bits per heavy atom. The third-order valence-electron chi connectivity index (χ3n) is 2.76. The molecule has 0 aromatic carbocycles. The second-order valence-corrected chi connectivity index (χ2v) is 9.89. The number of hydrogen-bond acceptors (Lipinski definition) is 6. The Labute approximate surface area is 132 Å². The molecule has 0 aromatic heterocycles. The van der Waals surface area contributed by atoms with Crippen molar-refractivity contribution >= 4 is 17.6 Å². The quantitative estimate of drug-likeness (QED) is 0.538. The van der Waals surface area contributed by atoms with E-state index in [1.54, 1.807) is 21.3 Å². The smallest absolute Gasteiger partial charge is 0.377 e. The zero-order valence-electron chi connectivity index (χ0n) is 15.0. The van der Waals surface area contributed by atoms with Gasteiger partial charge in [-0.05, 0) is 20.8 Å². The maximum absolute atomic E-state index is 5.65. The molecule has 8 heteroatoms. The fourth-order valence-electron chi connectivity index (χ4n) is 1.56. The van der Waals surface area contributed by atoms with Crippen molar-refractivity contribution in [3.8, 4) is 0 Å². The minimum Gasteiger partial charge on any atom is -0.377 e. The fraction of sp³-hybridized carbons (Fsp3) is 1.00. The Hall–Kier alpha value is 0.194. The van der Waals surface area contributed by atoms with E-state index in [2.05, 4.69) is 6.92 Å². The molecule has 6 nitrogen and oxygen atoms in total. The molecule has 0 aromatic rings. The fourth-order valence-corrected chi connectivity index (χ4v) is 4.67. The minimum absolute atomic E-state index is 0.673. The number of rotatable bonds is 11. The van der Waals surface area contributed by atoms with Crippen LogP contribution in [0.25, 0.3) is 0 Å². The molecule has 0 bridgehead atoms. The van der Waals surface area contributed by atoms with E-state index in [1.807, 2.05) is 27.3 Å². The standard InChI is InChI=1S/C9H22O3Si.C4H12O3Si/c1-5-9-13(10-6-2,11-7-3)12-8-4;1-5-8(4,6-2)7-3/h5-9H2,1-4H3;1-4H3. The molecule has 0 atom stereocenters. The van der Waals surface area contributed by atoms with E-state index < -0.39 is 17.6 Å². The van der Waals surface area contributed by atoms with Gasteiger partial charge in [-0.15, -0.1) is 0 Å². The van der Waals surface area contributed by atoms with E-state index in [9.17, 15) is 0 Å². The van der Waals surface area contributed by atoms with Gasteiger partial charge in [0.1, 0.15) is 0 Å². The second kappa shape index (κ2) is 13.8. The third-order valence-corrected chi connectivity index (χ3v) is 8.28. The Morgan fingerprint density at radius 3 is 1.14 bits per heavy atom. The maximum Gasteiger partial charge on any atom is 0.500 e. The van der Waals surface area contributed by atoms with Gasteiger partial charge < -0.3 is 26.6 Å². The number of hydrogen-bond donors (Lipinski definition) is 0. The molecule has 0 aliphatic heterocycles. The van der Waals surface area contributed by atoms with Crippen molar-refractivity contribution in [1.82, 2.24) is 0 Å². The van der Waals surface area contributed by atoms with Crippen LogP contribution in [0.3, 0.4) is 0 Å². The average Bonchev–Trinajstić information content (AvgIpc) is 2.48. The first-order valence-electron chi connectivity index (χ1n) is 7.50. The summed E-state index contributed by atoms with van der Waals surface area (Å²) in [6, 6.07) is 0.919. The molecule has 0 saturated heterocycles. The molecular formula is C13H34O6Si2. The van der Waals surface area contributed by atoms with Gasteiger partial charge in [0.15, 0.2) is 0 Å². The van der Waals surface area contributed by atoms with Crippen LogP contribution in [-0.4, -0.2) is 58.8 Å². The molecule has 0 N–H and O–H groups in total. The molecule has 0 rings (SSSR count). The van der Waals surface area contributed by atoms with E-state index in [0.29, 0.717) is 19.8 Å².